The number of hydrogen-bond donors (Lipinski definition) is 2. The van der Waals surface area contributed by atoms with E-state index in [0.29, 0.717) is 0 Å². The maximum atomic E-state index is 13.8. The lowest BCUT2D eigenvalue weighted by Gasteiger charge is -2.14. The fraction of sp³-hybridized carbons (Fsp3) is 0.400. The van der Waals surface area contributed by atoms with Crippen molar-refractivity contribution in [3.63, 3.8) is 0 Å². The topological polar surface area (TPSA) is 66.4 Å². The van der Waals surface area contributed by atoms with Crippen molar-refractivity contribution >= 4 is 9.84 Å². The maximum absolute atomic E-state index is 13.8. The van der Waals surface area contributed by atoms with Crippen LogP contribution in [0.15, 0.2) is 17.0 Å². The molecule has 0 radical (unpaired) electrons. The van der Waals surface area contributed by atoms with Crippen molar-refractivity contribution < 1.29 is 22.3 Å². The first kappa shape index (κ1) is 14.0. The molecule has 1 rings (SSSR count). The summed E-state index contributed by atoms with van der Waals surface area (Å²) < 4.78 is 49.6. The van der Waals surface area contributed by atoms with E-state index in [4.69, 9.17) is 0 Å². The SMILES string of the molecule is CNCC(O)c1c(F)ccc(S(C)(=O)=O)c1F. The first-order valence-electron chi connectivity index (χ1n) is 4.79. The van der Waals surface area contributed by atoms with Gasteiger partial charge in [0.05, 0.1) is 11.7 Å². The maximum Gasteiger partial charge on any atom is 0.178 e. The molecule has 17 heavy (non-hydrogen) atoms. The Balaban J connectivity index is 3.40. The van der Waals surface area contributed by atoms with E-state index in [0.717, 1.165) is 18.4 Å². The molecular formula is C10H13F2NO3S. The molecule has 0 aliphatic carbocycles. The van der Waals surface area contributed by atoms with Crippen molar-refractivity contribution in [2.24, 2.45) is 0 Å². The van der Waals surface area contributed by atoms with E-state index in [1.165, 1.54) is 7.05 Å². The number of hydrogen-bond acceptors (Lipinski definition) is 4. The van der Waals surface area contributed by atoms with E-state index < -0.39 is 38.0 Å². The van der Waals surface area contributed by atoms with Crippen LogP contribution in [0.5, 0.6) is 0 Å². The molecule has 4 nitrogen and oxygen atoms in total. The second kappa shape index (κ2) is 5.07. The monoisotopic (exact) mass is 265 g/mol. The summed E-state index contributed by atoms with van der Waals surface area (Å²) >= 11 is 0. The van der Waals surface area contributed by atoms with Gasteiger partial charge in [0, 0.05) is 12.8 Å². The first-order valence-corrected chi connectivity index (χ1v) is 6.68. The molecule has 0 heterocycles. The van der Waals surface area contributed by atoms with Gasteiger partial charge in [-0.3, -0.25) is 0 Å². The predicted molar refractivity (Wildman–Crippen MR) is 58.4 cm³/mol. The third kappa shape index (κ3) is 2.99. The minimum absolute atomic E-state index is 0.0823. The lowest BCUT2D eigenvalue weighted by molar-refractivity contribution is 0.167. The standard InChI is InChI=1S/C10H13F2NO3S/c1-13-5-7(14)9-6(11)3-4-8(10(9)12)17(2,15)16/h3-4,7,13-14H,5H2,1-2H3. The number of aliphatic hydroxyl groups excluding tert-OH is 1. The Hall–Kier alpha value is -1.05. The van der Waals surface area contributed by atoms with Gasteiger partial charge in [0.15, 0.2) is 15.7 Å². The summed E-state index contributed by atoms with van der Waals surface area (Å²) in [5, 5.41) is 12.1. The van der Waals surface area contributed by atoms with Gasteiger partial charge in [-0.25, -0.2) is 17.2 Å². The fourth-order valence-electron chi connectivity index (χ4n) is 1.44. The molecule has 1 unspecified atom stereocenters. The molecular weight excluding hydrogens is 252 g/mol. The van der Waals surface area contributed by atoms with Crippen molar-refractivity contribution in [2.75, 3.05) is 19.8 Å². The lowest BCUT2D eigenvalue weighted by Crippen LogP contribution is -2.20. The average molecular weight is 265 g/mol. The highest BCUT2D eigenvalue weighted by Gasteiger charge is 2.24. The number of halogens is 2. The van der Waals surface area contributed by atoms with Gasteiger partial charge in [-0.05, 0) is 19.2 Å². The van der Waals surface area contributed by atoms with Gasteiger partial charge < -0.3 is 10.4 Å². The molecule has 0 fully saturated rings. The van der Waals surface area contributed by atoms with Crippen LogP contribution < -0.4 is 5.32 Å². The van der Waals surface area contributed by atoms with Crippen molar-refractivity contribution in [1.29, 1.82) is 0 Å². The molecule has 0 saturated heterocycles. The highest BCUT2D eigenvalue weighted by atomic mass is 32.2. The molecule has 0 aliphatic heterocycles. The normalized spacial score (nSPS) is 13.7. The molecule has 1 aromatic carbocycles. The third-order valence-corrected chi connectivity index (χ3v) is 3.34. The van der Waals surface area contributed by atoms with Gasteiger partial charge in [0.1, 0.15) is 10.7 Å². The predicted octanol–water partition coefficient (Wildman–Crippen LogP) is 0.621. The summed E-state index contributed by atoms with van der Waals surface area (Å²) in [6.07, 6.45) is -0.626. The number of aliphatic hydroxyl groups is 1. The van der Waals surface area contributed by atoms with E-state index >= 15 is 0 Å². The quantitative estimate of drug-likeness (QED) is 0.783. The van der Waals surface area contributed by atoms with Crippen LogP contribution in [0.25, 0.3) is 0 Å². The van der Waals surface area contributed by atoms with E-state index in [1.807, 2.05) is 0 Å². The van der Waals surface area contributed by atoms with E-state index in [-0.39, 0.29) is 6.54 Å². The third-order valence-electron chi connectivity index (χ3n) is 2.22. The summed E-state index contributed by atoms with van der Waals surface area (Å²) in [6.45, 7) is -0.0823. The molecule has 2 N–H and O–H groups in total. The molecule has 0 saturated carbocycles. The zero-order chi connectivity index (χ0) is 13.2. The smallest absolute Gasteiger partial charge is 0.178 e. The number of benzene rings is 1. The molecule has 0 bridgehead atoms. The number of likely N-dealkylation sites (N-methyl/N-ethyl adjacent to an activating group) is 1. The van der Waals surface area contributed by atoms with E-state index in [9.17, 15) is 22.3 Å². The van der Waals surface area contributed by atoms with Gasteiger partial charge in [0.25, 0.3) is 0 Å². The molecule has 0 amide bonds. The van der Waals surface area contributed by atoms with Gasteiger partial charge in [-0.2, -0.15) is 0 Å². The van der Waals surface area contributed by atoms with Crippen LogP contribution in [-0.2, 0) is 9.84 Å². The van der Waals surface area contributed by atoms with Crippen molar-refractivity contribution in [2.45, 2.75) is 11.0 Å². The summed E-state index contributed by atoms with van der Waals surface area (Å²) in [5.74, 6) is -2.21. The molecule has 0 aliphatic rings. The zero-order valence-corrected chi connectivity index (χ0v) is 10.2. The second-order valence-electron chi connectivity index (χ2n) is 3.62. The Morgan fingerprint density at radius 1 is 1.41 bits per heavy atom. The Bertz CT molecular complexity index is 517. The summed E-state index contributed by atoms with van der Waals surface area (Å²) in [7, 11) is -2.29. The summed E-state index contributed by atoms with van der Waals surface area (Å²) in [5.41, 5.74) is -0.637. The summed E-state index contributed by atoms with van der Waals surface area (Å²) in [6, 6.07) is 1.67. The Morgan fingerprint density at radius 2 is 2.00 bits per heavy atom. The molecule has 1 atom stereocenters. The Labute approximate surface area is 98.2 Å². The van der Waals surface area contributed by atoms with Crippen LogP contribution in [0.4, 0.5) is 8.78 Å². The van der Waals surface area contributed by atoms with Gasteiger partial charge in [-0.15, -0.1) is 0 Å². The van der Waals surface area contributed by atoms with Gasteiger partial charge in [0.2, 0.25) is 0 Å². The molecule has 1 aromatic rings. The van der Waals surface area contributed by atoms with Crippen LogP contribution in [0, 0.1) is 11.6 Å². The number of sulfone groups is 1. The lowest BCUT2D eigenvalue weighted by atomic mass is 10.1. The van der Waals surface area contributed by atoms with Crippen LogP contribution in [0.3, 0.4) is 0 Å². The summed E-state index contributed by atoms with van der Waals surface area (Å²) in [4.78, 5) is -0.621. The van der Waals surface area contributed by atoms with Crippen LogP contribution in [-0.4, -0.2) is 33.4 Å². The minimum atomic E-state index is -3.79. The first-order chi connectivity index (χ1) is 7.79. The van der Waals surface area contributed by atoms with Gasteiger partial charge >= 0.3 is 0 Å². The average Bonchev–Trinajstić information content (AvgIpc) is 2.15. The minimum Gasteiger partial charge on any atom is -0.387 e. The molecule has 7 heteroatoms. The van der Waals surface area contributed by atoms with Crippen LogP contribution in [0.2, 0.25) is 0 Å². The van der Waals surface area contributed by atoms with Gasteiger partial charge in [-0.1, -0.05) is 0 Å². The highest BCUT2D eigenvalue weighted by molar-refractivity contribution is 7.90. The van der Waals surface area contributed by atoms with E-state index in [2.05, 4.69) is 5.32 Å². The van der Waals surface area contributed by atoms with Crippen molar-refractivity contribution in [3.8, 4) is 0 Å². The second-order valence-corrected chi connectivity index (χ2v) is 5.60. The number of rotatable bonds is 4. The molecule has 0 spiro atoms. The number of nitrogens with one attached hydrogen (secondary N) is 1. The molecule has 96 valence electrons. The Morgan fingerprint density at radius 3 is 2.47 bits per heavy atom. The van der Waals surface area contributed by atoms with E-state index in [1.54, 1.807) is 0 Å². The van der Waals surface area contributed by atoms with Crippen LogP contribution >= 0.6 is 0 Å². The fourth-order valence-corrected chi connectivity index (χ4v) is 2.19. The molecule has 0 aromatic heterocycles. The van der Waals surface area contributed by atoms with Crippen molar-refractivity contribution in [1.82, 2.24) is 5.32 Å². The Kier molecular flexibility index (Phi) is 4.18. The largest absolute Gasteiger partial charge is 0.387 e. The van der Waals surface area contributed by atoms with Crippen LogP contribution in [0.1, 0.15) is 11.7 Å². The zero-order valence-electron chi connectivity index (χ0n) is 9.37. The van der Waals surface area contributed by atoms with Crippen molar-refractivity contribution in [3.05, 3.63) is 29.3 Å². The highest BCUT2D eigenvalue weighted by Crippen LogP contribution is 2.25.